The lowest BCUT2D eigenvalue weighted by molar-refractivity contribution is 0.0697. The van der Waals surface area contributed by atoms with Crippen LogP contribution in [0.15, 0.2) is 54.7 Å². The standard InChI is InChI=1S/C23H25N7O2/c1-3-4-13-30(22-20(23(31)32)14-24-29(22)2)15-16-9-11-17(12-10-16)18-7-5-6-8-19(18)21-25-27-28-26-21/h5-12,14H,3-4,13,15H2,1-2H3,(H,31,32)(H,25,26,27,28). The summed E-state index contributed by atoms with van der Waals surface area (Å²) < 4.78 is 1.63. The van der Waals surface area contributed by atoms with Crippen molar-refractivity contribution in [2.24, 2.45) is 7.05 Å². The van der Waals surface area contributed by atoms with E-state index in [2.05, 4.69) is 61.8 Å². The highest BCUT2D eigenvalue weighted by atomic mass is 16.4. The lowest BCUT2D eigenvalue weighted by Gasteiger charge is -2.25. The molecule has 0 bridgehead atoms. The minimum Gasteiger partial charge on any atom is -0.477 e. The molecule has 9 nitrogen and oxygen atoms in total. The topological polar surface area (TPSA) is 113 Å². The molecule has 9 heteroatoms. The summed E-state index contributed by atoms with van der Waals surface area (Å²) in [7, 11) is 1.78. The molecule has 164 valence electrons. The van der Waals surface area contributed by atoms with Gasteiger partial charge in [-0.1, -0.05) is 61.9 Å². The summed E-state index contributed by atoms with van der Waals surface area (Å²) in [6.45, 7) is 3.46. The molecular weight excluding hydrogens is 406 g/mol. The van der Waals surface area contributed by atoms with Crippen molar-refractivity contribution in [3.8, 4) is 22.5 Å². The second kappa shape index (κ2) is 9.42. The molecular formula is C23H25N7O2. The lowest BCUT2D eigenvalue weighted by atomic mass is 9.98. The largest absolute Gasteiger partial charge is 0.477 e. The smallest absolute Gasteiger partial charge is 0.341 e. The lowest BCUT2D eigenvalue weighted by Crippen LogP contribution is -2.27. The molecule has 4 rings (SSSR count). The molecule has 2 heterocycles. The number of aryl methyl sites for hydroxylation is 1. The Labute approximate surface area is 185 Å². The summed E-state index contributed by atoms with van der Waals surface area (Å²) in [6.07, 6.45) is 3.39. The van der Waals surface area contributed by atoms with E-state index in [1.165, 1.54) is 6.20 Å². The number of anilines is 1. The molecule has 0 fully saturated rings. The van der Waals surface area contributed by atoms with Crippen LogP contribution < -0.4 is 4.90 Å². The first-order valence-electron chi connectivity index (χ1n) is 10.5. The predicted molar refractivity (Wildman–Crippen MR) is 121 cm³/mol. The van der Waals surface area contributed by atoms with Crippen molar-refractivity contribution in [1.29, 1.82) is 0 Å². The van der Waals surface area contributed by atoms with Crippen LogP contribution in [0.5, 0.6) is 0 Å². The number of aromatic nitrogens is 6. The number of aromatic carboxylic acids is 1. The summed E-state index contributed by atoms with van der Waals surface area (Å²) in [6, 6.07) is 16.2. The molecule has 2 N–H and O–H groups in total. The number of hydrogen-bond donors (Lipinski definition) is 2. The summed E-state index contributed by atoms with van der Waals surface area (Å²) in [5.74, 6) is 0.202. The molecule has 0 spiro atoms. The maximum atomic E-state index is 11.7. The second-order valence-corrected chi connectivity index (χ2v) is 7.56. The first-order valence-corrected chi connectivity index (χ1v) is 10.5. The maximum absolute atomic E-state index is 11.7. The number of rotatable bonds is 9. The second-order valence-electron chi connectivity index (χ2n) is 7.56. The highest BCUT2D eigenvalue weighted by Crippen LogP contribution is 2.30. The van der Waals surface area contributed by atoms with Gasteiger partial charge in [0.05, 0.1) is 6.20 Å². The highest BCUT2D eigenvalue weighted by Gasteiger charge is 2.21. The van der Waals surface area contributed by atoms with Crippen LogP contribution >= 0.6 is 0 Å². The number of carboxylic acids is 1. The van der Waals surface area contributed by atoms with Crippen LogP contribution in [0.1, 0.15) is 35.7 Å². The number of aromatic amines is 1. The van der Waals surface area contributed by atoms with Gasteiger partial charge in [0.1, 0.15) is 11.4 Å². The number of nitrogens with zero attached hydrogens (tertiary/aromatic N) is 6. The number of hydrogen-bond acceptors (Lipinski definition) is 6. The monoisotopic (exact) mass is 431 g/mol. The van der Waals surface area contributed by atoms with E-state index in [0.717, 1.165) is 41.6 Å². The van der Waals surface area contributed by atoms with Gasteiger partial charge in [0.2, 0.25) is 5.82 Å². The zero-order valence-electron chi connectivity index (χ0n) is 18.1. The SMILES string of the molecule is CCCCN(Cc1ccc(-c2ccccc2-c2nn[nH]n2)cc1)c1c(C(=O)O)cnn1C. The Morgan fingerprint density at radius 3 is 2.53 bits per heavy atom. The van der Waals surface area contributed by atoms with Gasteiger partial charge >= 0.3 is 5.97 Å². The van der Waals surface area contributed by atoms with E-state index in [1.54, 1.807) is 11.7 Å². The average molecular weight is 432 g/mol. The van der Waals surface area contributed by atoms with Gasteiger partial charge in [0.25, 0.3) is 0 Å². The van der Waals surface area contributed by atoms with Crippen LogP contribution in [0.4, 0.5) is 5.82 Å². The van der Waals surface area contributed by atoms with Gasteiger partial charge in [0.15, 0.2) is 0 Å². The quantitative estimate of drug-likeness (QED) is 0.415. The van der Waals surface area contributed by atoms with Crippen LogP contribution in [0, 0.1) is 0 Å². The first kappa shape index (κ1) is 21.2. The number of carboxylic acid groups (broad SMARTS) is 1. The van der Waals surface area contributed by atoms with Crippen molar-refractivity contribution in [2.45, 2.75) is 26.3 Å². The van der Waals surface area contributed by atoms with Crippen LogP contribution in [-0.4, -0.2) is 48.0 Å². The minimum absolute atomic E-state index is 0.217. The summed E-state index contributed by atoms with van der Waals surface area (Å²) in [5.41, 5.74) is 4.26. The fourth-order valence-electron chi connectivity index (χ4n) is 3.78. The van der Waals surface area contributed by atoms with E-state index in [1.807, 2.05) is 24.3 Å². The number of unbranched alkanes of at least 4 members (excludes halogenated alkanes) is 1. The molecule has 32 heavy (non-hydrogen) atoms. The average Bonchev–Trinajstić information content (AvgIpc) is 3.47. The van der Waals surface area contributed by atoms with Gasteiger partial charge < -0.3 is 10.0 Å². The fourth-order valence-corrected chi connectivity index (χ4v) is 3.78. The molecule has 0 aliphatic heterocycles. The van der Waals surface area contributed by atoms with Crippen molar-refractivity contribution < 1.29 is 9.90 Å². The van der Waals surface area contributed by atoms with E-state index in [9.17, 15) is 9.90 Å². The predicted octanol–water partition coefficient (Wildman–Crippen LogP) is 3.77. The van der Waals surface area contributed by atoms with Crippen LogP contribution in [-0.2, 0) is 13.6 Å². The van der Waals surface area contributed by atoms with Crippen molar-refractivity contribution in [3.63, 3.8) is 0 Å². The van der Waals surface area contributed by atoms with Gasteiger partial charge in [-0.2, -0.15) is 10.3 Å². The zero-order valence-corrected chi connectivity index (χ0v) is 18.1. The first-order chi connectivity index (χ1) is 15.6. The molecule has 0 saturated carbocycles. The third kappa shape index (κ3) is 4.36. The maximum Gasteiger partial charge on any atom is 0.341 e. The number of tetrazole rings is 1. The molecule has 2 aromatic heterocycles. The number of carbonyl (C=O) groups is 1. The Balaban J connectivity index is 1.62. The Morgan fingerprint density at radius 2 is 1.88 bits per heavy atom. The molecule has 0 radical (unpaired) electrons. The minimum atomic E-state index is -0.969. The summed E-state index contributed by atoms with van der Waals surface area (Å²) in [5, 5.41) is 28.1. The number of nitrogens with one attached hydrogen (secondary N) is 1. The van der Waals surface area contributed by atoms with E-state index in [4.69, 9.17) is 0 Å². The fraction of sp³-hybridized carbons (Fsp3) is 0.261. The van der Waals surface area contributed by atoms with Gasteiger partial charge in [-0.15, -0.1) is 10.2 Å². The van der Waals surface area contributed by atoms with E-state index in [-0.39, 0.29) is 5.56 Å². The summed E-state index contributed by atoms with van der Waals surface area (Å²) >= 11 is 0. The highest BCUT2D eigenvalue weighted by molar-refractivity contribution is 5.93. The molecule has 2 aromatic carbocycles. The molecule has 0 unspecified atom stereocenters. The zero-order chi connectivity index (χ0) is 22.5. The van der Waals surface area contributed by atoms with E-state index < -0.39 is 5.97 Å². The Bertz CT molecular complexity index is 1180. The van der Waals surface area contributed by atoms with Crippen molar-refractivity contribution in [1.82, 2.24) is 30.4 Å². The van der Waals surface area contributed by atoms with Crippen LogP contribution in [0.2, 0.25) is 0 Å². The molecule has 4 aromatic rings. The van der Waals surface area contributed by atoms with Crippen LogP contribution in [0.3, 0.4) is 0 Å². The van der Waals surface area contributed by atoms with Crippen molar-refractivity contribution >= 4 is 11.8 Å². The third-order valence-electron chi connectivity index (χ3n) is 5.37. The molecule has 0 amide bonds. The molecule has 0 atom stereocenters. The summed E-state index contributed by atoms with van der Waals surface area (Å²) in [4.78, 5) is 13.8. The Hall–Kier alpha value is -4.01. The normalized spacial score (nSPS) is 10.9. The molecule has 0 saturated heterocycles. The Morgan fingerprint density at radius 1 is 1.12 bits per heavy atom. The number of benzene rings is 2. The van der Waals surface area contributed by atoms with Gasteiger partial charge in [-0.25, -0.2) is 4.79 Å². The molecule has 0 aliphatic carbocycles. The molecule has 0 aliphatic rings. The third-order valence-corrected chi connectivity index (χ3v) is 5.37. The Kier molecular flexibility index (Phi) is 6.25. The number of H-pyrrole nitrogens is 1. The van der Waals surface area contributed by atoms with Crippen LogP contribution in [0.25, 0.3) is 22.5 Å². The van der Waals surface area contributed by atoms with Gasteiger partial charge in [0, 0.05) is 25.7 Å². The van der Waals surface area contributed by atoms with E-state index in [0.29, 0.717) is 18.2 Å². The van der Waals surface area contributed by atoms with Crippen molar-refractivity contribution in [2.75, 3.05) is 11.4 Å². The van der Waals surface area contributed by atoms with Crippen molar-refractivity contribution in [3.05, 3.63) is 65.9 Å². The van der Waals surface area contributed by atoms with Gasteiger partial charge in [-0.05, 0) is 28.3 Å². The van der Waals surface area contributed by atoms with Gasteiger partial charge in [-0.3, -0.25) is 4.68 Å². The van der Waals surface area contributed by atoms with E-state index >= 15 is 0 Å².